The maximum atomic E-state index is 2.28. The molecule has 0 bridgehead atoms. The third kappa shape index (κ3) is 4.37. The Bertz CT molecular complexity index is 118. The van der Waals surface area contributed by atoms with Crippen LogP contribution in [0.5, 0.6) is 0 Å². The summed E-state index contributed by atoms with van der Waals surface area (Å²) in [7, 11) is 0. The van der Waals surface area contributed by atoms with Gasteiger partial charge in [0, 0.05) is 0 Å². The Morgan fingerprint density at radius 1 is 1.10 bits per heavy atom. The van der Waals surface area contributed by atoms with Crippen molar-refractivity contribution < 1.29 is 0 Å². The molecule has 0 aromatic carbocycles. The van der Waals surface area contributed by atoms with Gasteiger partial charge in [-0.2, -0.15) is 0 Å². The molecule has 0 aliphatic heterocycles. The van der Waals surface area contributed by atoms with Gasteiger partial charge in [-0.3, -0.25) is 0 Å². The summed E-state index contributed by atoms with van der Waals surface area (Å²) >= 11 is 0. The Morgan fingerprint density at radius 3 is 2.20 bits per heavy atom. The van der Waals surface area contributed by atoms with Crippen molar-refractivity contribution in [3.63, 3.8) is 0 Å². The Balaban J connectivity index is 3.82. The van der Waals surface area contributed by atoms with Crippen molar-refractivity contribution >= 4 is 0 Å². The SMILES string of the molecule is CCC=C(/C=C/CC)CC. The molecule has 0 spiro atoms. The molecule has 0 saturated heterocycles. The van der Waals surface area contributed by atoms with E-state index in [1.165, 1.54) is 5.57 Å². The molecule has 0 heterocycles. The van der Waals surface area contributed by atoms with E-state index in [4.69, 9.17) is 0 Å². The second-order valence-electron chi connectivity index (χ2n) is 2.35. The molecule has 0 unspecified atom stereocenters. The van der Waals surface area contributed by atoms with E-state index in [2.05, 4.69) is 39.0 Å². The van der Waals surface area contributed by atoms with Crippen LogP contribution in [-0.2, 0) is 0 Å². The lowest BCUT2D eigenvalue weighted by Crippen LogP contribution is -1.73. The van der Waals surface area contributed by atoms with E-state index in [1.54, 1.807) is 0 Å². The van der Waals surface area contributed by atoms with Crippen LogP contribution in [0.2, 0.25) is 0 Å². The second-order valence-corrected chi connectivity index (χ2v) is 2.35. The molecule has 0 nitrogen and oxygen atoms in total. The minimum absolute atomic E-state index is 1.14. The van der Waals surface area contributed by atoms with E-state index in [-0.39, 0.29) is 0 Å². The van der Waals surface area contributed by atoms with Crippen molar-refractivity contribution in [3.8, 4) is 0 Å². The fourth-order valence-electron chi connectivity index (χ4n) is 0.862. The minimum Gasteiger partial charge on any atom is -0.0845 e. The highest BCUT2D eigenvalue weighted by molar-refractivity contribution is 5.17. The molecule has 0 aromatic rings. The molecule has 10 heavy (non-hydrogen) atoms. The first-order chi connectivity index (χ1) is 4.85. The molecule has 0 aromatic heterocycles. The summed E-state index contributed by atoms with van der Waals surface area (Å²) in [6, 6.07) is 0. The van der Waals surface area contributed by atoms with Crippen LogP contribution in [0.1, 0.15) is 40.0 Å². The van der Waals surface area contributed by atoms with E-state index >= 15 is 0 Å². The van der Waals surface area contributed by atoms with Crippen LogP contribution in [0.3, 0.4) is 0 Å². The van der Waals surface area contributed by atoms with Gasteiger partial charge < -0.3 is 0 Å². The number of rotatable bonds is 4. The summed E-state index contributed by atoms with van der Waals surface area (Å²) in [6.07, 6.45) is 10.2. The highest BCUT2D eigenvalue weighted by Crippen LogP contribution is 2.03. The first-order valence-electron chi connectivity index (χ1n) is 4.20. The molecular formula is C10H18. The average molecular weight is 138 g/mol. The summed E-state index contributed by atoms with van der Waals surface area (Å²) in [4.78, 5) is 0. The van der Waals surface area contributed by atoms with Crippen molar-refractivity contribution in [2.75, 3.05) is 0 Å². The van der Waals surface area contributed by atoms with E-state index < -0.39 is 0 Å². The first kappa shape index (κ1) is 9.48. The molecule has 0 fully saturated rings. The Morgan fingerprint density at radius 2 is 1.80 bits per heavy atom. The lowest BCUT2D eigenvalue weighted by atomic mass is 10.1. The van der Waals surface area contributed by atoms with E-state index in [0.29, 0.717) is 0 Å². The Hall–Kier alpha value is -0.520. The standard InChI is InChI=1S/C10H18/c1-4-7-9-10(6-3)8-5-2/h7-9H,4-6H2,1-3H3/b9-7+,10-8?. The molecule has 0 atom stereocenters. The van der Waals surface area contributed by atoms with Gasteiger partial charge in [0.1, 0.15) is 0 Å². The summed E-state index contributed by atoms with van der Waals surface area (Å²) in [6.45, 7) is 6.53. The van der Waals surface area contributed by atoms with Gasteiger partial charge in [0.05, 0.1) is 0 Å². The summed E-state index contributed by atoms with van der Waals surface area (Å²) in [5.74, 6) is 0. The Labute approximate surface area is 64.6 Å². The Kier molecular flexibility index (Phi) is 6.25. The normalized spacial score (nSPS) is 12.9. The lowest BCUT2D eigenvalue weighted by Gasteiger charge is -1.93. The van der Waals surface area contributed by atoms with Crippen molar-refractivity contribution in [2.45, 2.75) is 40.0 Å². The molecule has 58 valence electrons. The van der Waals surface area contributed by atoms with E-state index in [9.17, 15) is 0 Å². The predicted molar refractivity (Wildman–Crippen MR) is 48.1 cm³/mol. The fourth-order valence-corrected chi connectivity index (χ4v) is 0.862. The smallest absolute Gasteiger partial charge is 0.0311 e. The van der Waals surface area contributed by atoms with Crippen molar-refractivity contribution in [3.05, 3.63) is 23.8 Å². The summed E-state index contributed by atoms with van der Waals surface area (Å²) < 4.78 is 0. The van der Waals surface area contributed by atoms with Gasteiger partial charge in [-0.25, -0.2) is 0 Å². The van der Waals surface area contributed by atoms with Gasteiger partial charge in [0.25, 0.3) is 0 Å². The number of allylic oxidation sites excluding steroid dienone is 4. The van der Waals surface area contributed by atoms with Crippen LogP contribution < -0.4 is 0 Å². The van der Waals surface area contributed by atoms with Crippen molar-refractivity contribution in [2.24, 2.45) is 0 Å². The topological polar surface area (TPSA) is 0 Å². The predicted octanol–water partition coefficient (Wildman–Crippen LogP) is 3.70. The molecular weight excluding hydrogens is 120 g/mol. The van der Waals surface area contributed by atoms with Crippen LogP contribution in [0.15, 0.2) is 23.8 Å². The molecule has 0 aliphatic carbocycles. The maximum Gasteiger partial charge on any atom is -0.0311 e. The average Bonchev–Trinajstić information content (AvgIpc) is 1.98. The largest absolute Gasteiger partial charge is 0.0845 e. The van der Waals surface area contributed by atoms with Gasteiger partial charge >= 0.3 is 0 Å². The van der Waals surface area contributed by atoms with Gasteiger partial charge in [0.15, 0.2) is 0 Å². The first-order valence-corrected chi connectivity index (χ1v) is 4.20. The summed E-state index contributed by atoms with van der Waals surface area (Å²) in [5.41, 5.74) is 1.46. The highest BCUT2D eigenvalue weighted by Gasteiger charge is 1.83. The van der Waals surface area contributed by atoms with Crippen LogP contribution in [-0.4, -0.2) is 0 Å². The minimum atomic E-state index is 1.14. The van der Waals surface area contributed by atoms with Crippen LogP contribution in [0, 0.1) is 0 Å². The van der Waals surface area contributed by atoms with Gasteiger partial charge in [-0.05, 0) is 19.3 Å². The quantitative estimate of drug-likeness (QED) is 0.520. The van der Waals surface area contributed by atoms with E-state index in [0.717, 1.165) is 19.3 Å². The molecule has 0 amide bonds. The zero-order chi connectivity index (χ0) is 7.82. The van der Waals surface area contributed by atoms with Crippen LogP contribution >= 0.6 is 0 Å². The second kappa shape index (κ2) is 6.60. The van der Waals surface area contributed by atoms with Gasteiger partial charge in [0.2, 0.25) is 0 Å². The third-order valence-corrected chi connectivity index (χ3v) is 1.44. The van der Waals surface area contributed by atoms with Crippen LogP contribution in [0.4, 0.5) is 0 Å². The van der Waals surface area contributed by atoms with Crippen molar-refractivity contribution in [1.29, 1.82) is 0 Å². The van der Waals surface area contributed by atoms with Crippen molar-refractivity contribution in [1.82, 2.24) is 0 Å². The fraction of sp³-hybridized carbons (Fsp3) is 0.600. The van der Waals surface area contributed by atoms with Gasteiger partial charge in [-0.15, -0.1) is 0 Å². The molecule has 0 radical (unpaired) electrons. The highest BCUT2D eigenvalue weighted by atomic mass is 13.9. The lowest BCUT2D eigenvalue weighted by molar-refractivity contribution is 1.09. The zero-order valence-electron chi connectivity index (χ0n) is 7.35. The molecule has 0 rings (SSSR count). The maximum absolute atomic E-state index is 2.28. The van der Waals surface area contributed by atoms with E-state index in [1.807, 2.05) is 0 Å². The molecule has 0 saturated carbocycles. The molecule has 0 N–H and O–H groups in total. The molecule has 0 aliphatic rings. The number of hydrogen-bond donors (Lipinski definition) is 0. The third-order valence-electron chi connectivity index (χ3n) is 1.44. The number of hydrogen-bond acceptors (Lipinski definition) is 0. The zero-order valence-corrected chi connectivity index (χ0v) is 7.35. The summed E-state index contributed by atoms with van der Waals surface area (Å²) in [5, 5.41) is 0. The van der Waals surface area contributed by atoms with Gasteiger partial charge in [-0.1, -0.05) is 44.6 Å². The molecule has 0 heteroatoms. The monoisotopic (exact) mass is 138 g/mol. The van der Waals surface area contributed by atoms with Crippen LogP contribution in [0.25, 0.3) is 0 Å².